The minimum absolute atomic E-state index is 0.0555. The van der Waals surface area contributed by atoms with Crippen molar-refractivity contribution in [2.75, 3.05) is 34.4 Å². The third-order valence-electron chi connectivity index (χ3n) is 3.22. The van der Waals surface area contributed by atoms with Gasteiger partial charge in [0.15, 0.2) is 0 Å². The van der Waals surface area contributed by atoms with Gasteiger partial charge in [-0.3, -0.25) is 4.90 Å². The molecular weight excluding hydrogens is 182 g/mol. The number of likely N-dealkylation sites (tertiary alicyclic amines) is 1. The molecule has 2 aliphatic rings. The van der Waals surface area contributed by atoms with E-state index in [0.717, 1.165) is 12.1 Å². The van der Waals surface area contributed by atoms with Crippen molar-refractivity contribution in [1.82, 2.24) is 4.90 Å². The minimum Gasteiger partial charge on any atom is -0.366 e. The molecule has 4 heteroatoms. The first-order chi connectivity index (χ1) is 6.64. The molecule has 2 saturated heterocycles. The summed E-state index contributed by atoms with van der Waals surface area (Å²) in [5.74, 6) is -0.626. The summed E-state index contributed by atoms with van der Waals surface area (Å²) < 4.78 is 16.6. The average molecular weight is 199 g/mol. The zero-order chi connectivity index (χ0) is 10.3. The van der Waals surface area contributed by atoms with Gasteiger partial charge in [-0.1, -0.05) is 6.58 Å². The van der Waals surface area contributed by atoms with Gasteiger partial charge in [0.05, 0.1) is 6.04 Å². The maximum Gasteiger partial charge on any atom is 0.210 e. The number of methoxy groups -OCH3 is 2. The van der Waals surface area contributed by atoms with Crippen molar-refractivity contribution in [2.24, 2.45) is 0 Å². The van der Waals surface area contributed by atoms with Crippen LogP contribution in [0.2, 0.25) is 0 Å². The summed E-state index contributed by atoms with van der Waals surface area (Å²) in [7, 11) is 5.35. The SMILES string of the molecule is C=C1CN(C)C2C1OCC2(OC)OC. The molecule has 2 heterocycles. The summed E-state index contributed by atoms with van der Waals surface area (Å²) in [6, 6.07) is 0.130. The number of ether oxygens (including phenoxy) is 3. The topological polar surface area (TPSA) is 30.9 Å². The van der Waals surface area contributed by atoms with Crippen LogP contribution in [0.4, 0.5) is 0 Å². The molecule has 4 nitrogen and oxygen atoms in total. The van der Waals surface area contributed by atoms with E-state index in [1.165, 1.54) is 0 Å². The first-order valence-electron chi connectivity index (χ1n) is 4.74. The van der Waals surface area contributed by atoms with Crippen LogP contribution in [0.3, 0.4) is 0 Å². The lowest BCUT2D eigenvalue weighted by Gasteiger charge is -2.33. The van der Waals surface area contributed by atoms with Gasteiger partial charge >= 0.3 is 0 Å². The Labute approximate surface area is 84.4 Å². The highest BCUT2D eigenvalue weighted by molar-refractivity contribution is 5.21. The molecule has 0 amide bonds. The Morgan fingerprint density at radius 1 is 1.50 bits per heavy atom. The van der Waals surface area contributed by atoms with Gasteiger partial charge in [-0.2, -0.15) is 0 Å². The molecule has 0 aromatic carbocycles. The van der Waals surface area contributed by atoms with E-state index in [1.807, 2.05) is 7.05 Å². The third kappa shape index (κ3) is 1.15. The van der Waals surface area contributed by atoms with E-state index in [1.54, 1.807) is 14.2 Å². The Hall–Kier alpha value is -0.420. The molecule has 2 rings (SSSR count). The second kappa shape index (κ2) is 3.31. The minimum atomic E-state index is -0.626. The normalized spacial score (nSPS) is 36.4. The lowest BCUT2D eigenvalue weighted by Crippen LogP contribution is -2.52. The third-order valence-corrected chi connectivity index (χ3v) is 3.22. The first-order valence-corrected chi connectivity index (χ1v) is 4.74. The van der Waals surface area contributed by atoms with Crippen molar-refractivity contribution in [1.29, 1.82) is 0 Å². The molecule has 0 spiro atoms. The summed E-state index contributed by atoms with van der Waals surface area (Å²) in [6.07, 6.45) is 0.0555. The van der Waals surface area contributed by atoms with Gasteiger partial charge < -0.3 is 14.2 Å². The first kappa shape index (κ1) is 10.1. The van der Waals surface area contributed by atoms with Crippen molar-refractivity contribution < 1.29 is 14.2 Å². The van der Waals surface area contributed by atoms with Gasteiger partial charge in [0.1, 0.15) is 12.7 Å². The lowest BCUT2D eigenvalue weighted by molar-refractivity contribution is -0.225. The van der Waals surface area contributed by atoms with Crippen LogP contribution in [0, 0.1) is 0 Å². The van der Waals surface area contributed by atoms with Crippen LogP contribution in [0.5, 0.6) is 0 Å². The molecule has 2 unspecified atom stereocenters. The quantitative estimate of drug-likeness (QED) is 0.471. The summed E-state index contributed by atoms with van der Waals surface area (Å²) >= 11 is 0. The van der Waals surface area contributed by atoms with Crippen molar-refractivity contribution in [3.05, 3.63) is 12.2 Å². The summed E-state index contributed by atoms with van der Waals surface area (Å²) in [5.41, 5.74) is 1.11. The molecule has 2 aliphatic heterocycles. The lowest BCUT2D eigenvalue weighted by atomic mass is 10.0. The Balaban J connectivity index is 2.28. The molecule has 0 bridgehead atoms. The number of hydrogen-bond acceptors (Lipinski definition) is 4. The van der Waals surface area contributed by atoms with Gasteiger partial charge in [0.2, 0.25) is 5.79 Å². The fourth-order valence-electron chi connectivity index (χ4n) is 2.47. The maximum absolute atomic E-state index is 5.67. The highest BCUT2D eigenvalue weighted by Crippen LogP contribution is 2.39. The largest absolute Gasteiger partial charge is 0.366 e. The smallest absolute Gasteiger partial charge is 0.210 e. The molecule has 2 fully saturated rings. The molecule has 0 aliphatic carbocycles. The Kier molecular flexibility index (Phi) is 2.39. The molecule has 2 atom stereocenters. The fraction of sp³-hybridized carbons (Fsp3) is 0.800. The van der Waals surface area contributed by atoms with E-state index < -0.39 is 5.79 Å². The standard InChI is InChI=1S/C10H17NO3/c1-7-5-11(2)9-8(7)14-6-10(9,12-3)13-4/h8-9H,1,5-6H2,2-4H3. The molecule has 0 radical (unpaired) electrons. The van der Waals surface area contributed by atoms with E-state index >= 15 is 0 Å². The van der Waals surface area contributed by atoms with Gasteiger partial charge in [0.25, 0.3) is 0 Å². The zero-order valence-electron chi connectivity index (χ0n) is 8.95. The van der Waals surface area contributed by atoms with Gasteiger partial charge in [-0.25, -0.2) is 0 Å². The van der Waals surface area contributed by atoms with Crippen LogP contribution >= 0.6 is 0 Å². The Morgan fingerprint density at radius 3 is 2.71 bits per heavy atom. The second-order valence-electron chi connectivity index (χ2n) is 3.97. The number of hydrogen-bond donors (Lipinski definition) is 0. The average Bonchev–Trinajstić information content (AvgIpc) is 2.68. The van der Waals surface area contributed by atoms with Crippen LogP contribution in [0.25, 0.3) is 0 Å². The Morgan fingerprint density at radius 2 is 2.14 bits per heavy atom. The molecule has 0 aromatic heterocycles. The zero-order valence-corrected chi connectivity index (χ0v) is 8.95. The molecule has 14 heavy (non-hydrogen) atoms. The fourth-order valence-corrected chi connectivity index (χ4v) is 2.47. The number of nitrogens with zero attached hydrogens (tertiary/aromatic N) is 1. The van der Waals surface area contributed by atoms with E-state index in [4.69, 9.17) is 14.2 Å². The van der Waals surface area contributed by atoms with Crippen LogP contribution < -0.4 is 0 Å². The highest BCUT2D eigenvalue weighted by atomic mass is 16.7. The maximum atomic E-state index is 5.67. The summed E-state index contributed by atoms with van der Waals surface area (Å²) in [4.78, 5) is 2.17. The molecule has 80 valence electrons. The summed E-state index contributed by atoms with van der Waals surface area (Å²) in [6.45, 7) is 5.33. The van der Waals surface area contributed by atoms with Gasteiger partial charge in [-0.05, 0) is 12.6 Å². The predicted octanol–water partition coefficient (Wildman–Crippen LogP) is 0.244. The molecule has 0 N–H and O–H groups in total. The van der Waals surface area contributed by atoms with E-state index in [2.05, 4.69) is 11.5 Å². The Bertz CT molecular complexity index is 250. The van der Waals surface area contributed by atoms with Crippen molar-refractivity contribution in [3.8, 4) is 0 Å². The number of fused-ring (bicyclic) bond motifs is 1. The van der Waals surface area contributed by atoms with Gasteiger partial charge in [0, 0.05) is 20.8 Å². The van der Waals surface area contributed by atoms with Crippen LogP contribution in [0.15, 0.2) is 12.2 Å². The molecule has 0 aromatic rings. The summed E-state index contributed by atoms with van der Waals surface area (Å²) in [5, 5.41) is 0. The van der Waals surface area contributed by atoms with Crippen molar-refractivity contribution in [2.45, 2.75) is 17.9 Å². The van der Waals surface area contributed by atoms with Gasteiger partial charge in [-0.15, -0.1) is 0 Å². The van der Waals surface area contributed by atoms with E-state index in [9.17, 15) is 0 Å². The molecular formula is C10H17NO3. The van der Waals surface area contributed by atoms with Crippen LogP contribution in [-0.4, -0.2) is 57.3 Å². The van der Waals surface area contributed by atoms with E-state index in [-0.39, 0.29) is 12.1 Å². The van der Waals surface area contributed by atoms with Crippen molar-refractivity contribution in [3.63, 3.8) is 0 Å². The number of rotatable bonds is 2. The van der Waals surface area contributed by atoms with E-state index in [0.29, 0.717) is 6.61 Å². The van der Waals surface area contributed by atoms with Crippen LogP contribution in [-0.2, 0) is 14.2 Å². The number of likely N-dealkylation sites (N-methyl/N-ethyl adjacent to an activating group) is 1. The molecule has 0 saturated carbocycles. The van der Waals surface area contributed by atoms with Crippen molar-refractivity contribution >= 4 is 0 Å². The monoisotopic (exact) mass is 199 g/mol. The predicted molar refractivity (Wildman–Crippen MR) is 52.0 cm³/mol. The van der Waals surface area contributed by atoms with Crippen LogP contribution in [0.1, 0.15) is 0 Å². The highest BCUT2D eigenvalue weighted by Gasteiger charge is 2.56. The second-order valence-corrected chi connectivity index (χ2v) is 3.97.